The van der Waals surface area contributed by atoms with Gasteiger partial charge in [-0.25, -0.2) is 0 Å². The Kier molecular flexibility index (Phi) is 4.12. The molecule has 0 spiro atoms. The highest BCUT2D eigenvalue weighted by atomic mass is 16.1. The van der Waals surface area contributed by atoms with Gasteiger partial charge in [-0.05, 0) is 22.8 Å². The Balaban J connectivity index is 2.14. The van der Waals surface area contributed by atoms with Crippen LogP contribution in [0.25, 0.3) is 11.1 Å². The van der Waals surface area contributed by atoms with Crippen molar-refractivity contribution in [2.75, 3.05) is 0 Å². The number of ketones is 1. The molecule has 2 heteroatoms. The van der Waals surface area contributed by atoms with Crippen molar-refractivity contribution >= 4 is 5.78 Å². The molecule has 0 unspecified atom stereocenters. The average molecular weight is 287 g/mol. The van der Waals surface area contributed by atoms with E-state index < -0.39 is 0 Å². The largest absolute Gasteiger partial charge is 0.326 e. The van der Waals surface area contributed by atoms with Crippen molar-refractivity contribution in [3.63, 3.8) is 0 Å². The van der Waals surface area contributed by atoms with Crippen molar-refractivity contribution in [3.05, 3.63) is 95.6 Å². The fraction of sp³-hybridized carbons (Fsp3) is 0.0500. The molecule has 0 atom stereocenters. The van der Waals surface area contributed by atoms with Crippen molar-refractivity contribution in [2.24, 2.45) is 5.73 Å². The normalized spacial score (nSPS) is 10.4. The van der Waals surface area contributed by atoms with Gasteiger partial charge in [-0.15, -0.1) is 0 Å². The summed E-state index contributed by atoms with van der Waals surface area (Å²) in [4.78, 5) is 12.8. The van der Waals surface area contributed by atoms with Gasteiger partial charge in [-0.1, -0.05) is 72.8 Å². The monoisotopic (exact) mass is 287 g/mol. The van der Waals surface area contributed by atoms with Crippen molar-refractivity contribution in [3.8, 4) is 11.1 Å². The Bertz CT molecular complexity index is 779. The minimum absolute atomic E-state index is 0.0306. The molecule has 0 aliphatic carbocycles. The first-order valence-electron chi connectivity index (χ1n) is 7.28. The maximum absolute atomic E-state index is 12.8. The van der Waals surface area contributed by atoms with E-state index in [1.807, 2.05) is 78.9 Å². The average Bonchev–Trinajstić information content (AvgIpc) is 2.62. The van der Waals surface area contributed by atoms with Crippen LogP contribution in [-0.4, -0.2) is 5.78 Å². The standard InChI is InChI=1S/C20H17NO/c21-14-15-11-12-18(20(22)17-9-5-2-6-10-17)19(13-15)16-7-3-1-4-8-16/h1-13H,14,21H2. The number of carbonyl (C=O) groups is 1. The summed E-state index contributed by atoms with van der Waals surface area (Å²) in [5.41, 5.74) is 10.1. The summed E-state index contributed by atoms with van der Waals surface area (Å²) in [5, 5.41) is 0. The summed E-state index contributed by atoms with van der Waals surface area (Å²) in [5.74, 6) is 0.0306. The molecule has 3 aromatic rings. The number of nitrogens with two attached hydrogens (primary N) is 1. The zero-order valence-corrected chi connectivity index (χ0v) is 12.2. The minimum Gasteiger partial charge on any atom is -0.326 e. The molecule has 0 heterocycles. The van der Waals surface area contributed by atoms with E-state index in [1.165, 1.54) is 0 Å². The lowest BCUT2D eigenvalue weighted by molar-refractivity contribution is 0.103. The van der Waals surface area contributed by atoms with Gasteiger partial charge in [-0.2, -0.15) is 0 Å². The molecule has 108 valence electrons. The van der Waals surface area contributed by atoms with E-state index in [9.17, 15) is 4.79 Å². The lowest BCUT2D eigenvalue weighted by Crippen LogP contribution is -2.05. The predicted octanol–water partition coefficient (Wildman–Crippen LogP) is 4.04. The second-order valence-corrected chi connectivity index (χ2v) is 5.15. The van der Waals surface area contributed by atoms with E-state index >= 15 is 0 Å². The Hall–Kier alpha value is -2.71. The summed E-state index contributed by atoms with van der Waals surface area (Å²) in [6, 6.07) is 25.1. The molecule has 0 aromatic heterocycles. The molecule has 0 fully saturated rings. The van der Waals surface area contributed by atoms with Crippen LogP contribution in [-0.2, 0) is 6.54 Å². The lowest BCUT2D eigenvalue weighted by atomic mass is 9.92. The van der Waals surface area contributed by atoms with E-state index in [-0.39, 0.29) is 5.78 Å². The molecule has 0 saturated carbocycles. The highest BCUT2D eigenvalue weighted by Gasteiger charge is 2.15. The van der Waals surface area contributed by atoms with E-state index in [2.05, 4.69) is 0 Å². The molecule has 3 rings (SSSR count). The third-order valence-electron chi connectivity index (χ3n) is 3.69. The van der Waals surface area contributed by atoms with Gasteiger partial charge in [0, 0.05) is 17.7 Å². The number of rotatable bonds is 4. The van der Waals surface area contributed by atoms with Crippen molar-refractivity contribution < 1.29 is 4.79 Å². The van der Waals surface area contributed by atoms with Gasteiger partial charge in [0.1, 0.15) is 0 Å². The number of benzene rings is 3. The molecular formula is C20H17NO. The predicted molar refractivity (Wildman–Crippen MR) is 89.6 cm³/mol. The quantitative estimate of drug-likeness (QED) is 0.736. The van der Waals surface area contributed by atoms with Crippen molar-refractivity contribution in [1.29, 1.82) is 0 Å². The molecule has 0 bridgehead atoms. The second kappa shape index (κ2) is 6.37. The zero-order chi connectivity index (χ0) is 15.4. The Morgan fingerprint density at radius 3 is 2.09 bits per heavy atom. The van der Waals surface area contributed by atoms with Gasteiger partial charge in [0.15, 0.2) is 5.78 Å². The number of carbonyl (C=O) groups excluding carboxylic acids is 1. The summed E-state index contributed by atoms with van der Waals surface area (Å²) in [6.45, 7) is 0.458. The Morgan fingerprint density at radius 2 is 1.45 bits per heavy atom. The maximum Gasteiger partial charge on any atom is 0.193 e. The van der Waals surface area contributed by atoms with Gasteiger partial charge >= 0.3 is 0 Å². The van der Waals surface area contributed by atoms with E-state index in [4.69, 9.17) is 5.73 Å². The second-order valence-electron chi connectivity index (χ2n) is 5.15. The lowest BCUT2D eigenvalue weighted by Gasteiger charge is -2.11. The van der Waals surface area contributed by atoms with Crippen molar-refractivity contribution in [2.45, 2.75) is 6.54 Å². The van der Waals surface area contributed by atoms with Crippen LogP contribution >= 0.6 is 0 Å². The van der Waals surface area contributed by atoms with Crippen LogP contribution < -0.4 is 5.73 Å². The molecule has 2 nitrogen and oxygen atoms in total. The van der Waals surface area contributed by atoms with Gasteiger partial charge < -0.3 is 5.73 Å². The summed E-state index contributed by atoms with van der Waals surface area (Å²) in [7, 11) is 0. The van der Waals surface area contributed by atoms with Crippen molar-refractivity contribution in [1.82, 2.24) is 0 Å². The highest BCUT2D eigenvalue weighted by Crippen LogP contribution is 2.27. The topological polar surface area (TPSA) is 43.1 Å². The molecular weight excluding hydrogens is 270 g/mol. The van der Waals surface area contributed by atoms with E-state index in [1.54, 1.807) is 0 Å². The smallest absolute Gasteiger partial charge is 0.193 e. The molecule has 22 heavy (non-hydrogen) atoms. The summed E-state index contributed by atoms with van der Waals surface area (Å²) < 4.78 is 0. The zero-order valence-electron chi connectivity index (χ0n) is 12.2. The fourth-order valence-electron chi connectivity index (χ4n) is 2.52. The highest BCUT2D eigenvalue weighted by molar-refractivity contribution is 6.12. The summed E-state index contributed by atoms with van der Waals surface area (Å²) >= 11 is 0. The van der Waals surface area contributed by atoms with Crippen LogP contribution in [0, 0.1) is 0 Å². The fourth-order valence-corrected chi connectivity index (χ4v) is 2.52. The molecule has 0 aliphatic heterocycles. The van der Waals surface area contributed by atoms with Crippen LogP contribution in [0.2, 0.25) is 0 Å². The molecule has 0 amide bonds. The van der Waals surface area contributed by atoms with E-state index in [0.717, 1.165) is 16.7 Å². The Labute approximate surface area is 130 Å². The first-order valence-corrected chi connectivity index (χ1v) is 7.28. The van der Waals surface area contributed by atoms with Gasteiger partial charge in [-0.3, -0.25) is 4.79 Å². The number of hydrogen-bond donors (Lipinski definition) is 1. The number of hydrogen-bond acceptors (Lipinski definition) is 2. The van der Waals surface area contributed by atoms with Crippen LogP contribution in [0.3, 0.4) is 0 Å². The third kappa shape index (κ3) is 2.83. The minimum atomic E-state index is 0.0306. The van der Waals surface area contributed by atoms with Gasteiger partial charge in [0.05, 0.1) is 0 Å². The first kappa shape index (κ1) is 14.2. The molecule has 0 saturated heterocycles. The SMILES string of the molecule is NCc1ccc(C(=O)c2ccccc2)c(-c2ccccc2)c1. The molecule has 3 aromatic carbocycles. The van der Waals surface area contributed by atoms with Crippen LogP contribution in [0.5, 0.6) is 0 Å². The molecule has 0 radical (unpaired) electrons. The Morgan fingerprint density at radius 1 is 0.818 bits per heavy atom. The maximum atomic E-state index is 12.8. The van der Waals surface area contributed by atoms with E-state index in [0.29, 0.717) is 17.7 Å². The van der Waals surface area contributed by atoms with Crippen LogP contribution in [0.4, 0.5) is 0 Å². The van der Waals surface area contributed by atoms with Gasteiger partial charge in [0.25, 0.3) is 0 Å². The van der Waals surface area contributed by atoms with Crippen LogP contribution in [0.15, 0.2) is 78.9 Å². The van der Waals surface area contributed by atoms with Crippen LogP contribution in [0.1, 0.15) is 21.5 Å². The first-order chi connectivity index (χ1) is 10.8. The molecule has 0 aliphatic rings. The molecule has 2 N–H and O–H groups in total. The van der Waals surface area contributed by atoms with Gasteiger partial charge in [0.2, 0.25) is 0 Å². The summed E-state index contributed by atoms with van der Waals surface area (Å²) in [6.07, 6.45) is 0. The third-order valence-corrected chi connectivity index (χ3v) is 3.69.